The van der Waals surface area contributed by atoms with Gasteiger partial charge in [-0.05, 0) is 14.8 Å². The molecule has 4 nitrogen and oxygen atoms in total. The number of imide groups is 1. The van der Waals surface area contributed by atoms with E-state index in [2.05, 4.69) is 19.7 Å². The summed E-state index contributed by atoms with van der Waals surface area (Å²) in [6.45, 7) is 1.98. The Bertz CT molecular complexity index is 469. The first-order chi connectivity index (χ1) is 7.99. The molecule has 0 saturated carbocycles. The van der Waals surface area contributed by atoms with E-state index in [-0.39, 0.29) is 18.5 Å². The molecule has 6 heteroatoms. The zero-order valence-corrected chi connectivity index (χ0v) is 13.7. The van der Waals surface area contributed by atoms with Gasteiger partial charge in [0.25, 0.3) is 5.91 Å². The van der Waals surface area contributed by atoms with Crippen molar-refractivity contribution in [3.05, 3.63) is 0 Å². The van der Waals surface area contributed by atoms with Gasteiger partial charge in [-0.1, -0.05) is 11.8 Å². The highest BCUT2D eigenvalue weighted by molar-refractivity contribution is 14.1. The van der Waals surface area contributed by atoms with Crippen molar-refractivity contribution in [2.75, 3.05) is 13.6 Å². The molecule has 1 saturated heterocycles. The number of hydrogen-bond donors (Lipinski definition) is 0. The van der Waals surface area contributed by atoms with Crippen molar-refractivity contribution in [1.29, 1.82) is 0 Å². The van der Waals surface area contributed by atoms with Crippen LogP contribution < -0.4 is 0 Å². The van der Waals surface area contributed by atoms with Crippen LogP contribution in [0.3, 0.4) is 0 Å². The van der Waals surface area contributed by atoms with Crippen LogP contribution in [0.1, 0.15) is 13.3 Å². The molecule has 0 aromatic heterocycles. The summed E-state index contributed by atoms with van der Waals surface area (Å²) in [6, 6.07) is -0.313. The summed E-state index contributed by atoms with van der Waals surface area (Å²) in [5.41, 5.74) is -0.898. The molecule has 90 valence electrons. The van der Waals surface area contributed by atoms with Crippen molar-refractivity contribution >= 4 is 57.1 Å². The summed E-state index contributed by atoms with van der Waals surface area (Å²) in [5.74, 6) is 5.43. The smallest absolute Gasteiger partial charge is 0.298 e. The fraction of sp³-hybridized carbons (Fsp3) is 0.455. The zero-order valence-electron chi connectivity index (χ0n) is 9.38. The lowest BCUT2D eigenvalue weighted by Crippen LogP contribution is -2.46. The van der Waals surface area contributed by atoms with Crippen LogP contribution >= 0.6 is 45.2 Å². The van der Waals surface area contributed by atoms with E-state index in [0.29, 0.717) is 6.42 Å². The van der Waals surface area contributed by atoms with Crippen LogP contribution in [-0.4, -0.2) is 40.9 Å². The Hall–Kier alpha value is -0.480. The van der Waals surface area contributed by atoms with E-state index in [0.717, 1.165) is 4.90 Å². The van der Waals surface area contributed by atoms with E-state index in [9.17, 15) is 9.59 Å². The van der Waals surface area contributed by atoms with E-state index in [4.69, 9.17) is 0 Å². The molecule has 1 rings (SSSR count). The summed E-state index contributed by atoms with van der Waals surface area (Å²) in [5, 5.41) is 0. The van der Waals surface area contributed by atoms with Gasteiger partial charge in [0.05, 0.1) is 6.54 Å². The summed E-state index contributed by atoms with van der Waals surface area (Å²) >= 11 is 3.82. The van der Waals surface area contributed by atoms with Gasteiger partial charge in [0, 0.05) is 58.7 Å². The molecule has 1 fully saturated rings. The van der Waals surface area contributed by atoms with Gasteiger partial charge in [-0.25, -0.2) is 4.79 Å². The molecule has 3 amide bonds. The quantitative estimate of drug-likeness (QED) is 0.362. The Balaban J connectivity index is 3.09. The summed E-state index contributed by atoms with van der Waals surface area (Å²) in [7, 11) is 1.48. The Morgan fingerprint density at radius 3 is 2.35 bits per heavy atom. The van der Waals surface area contributed by atoms with Crippen molar-refractivity contribution in [3.63, 3.8) is 0 Å². The van der Waals surface area contributed by atoms with Crippen LogP contribution in [0.2, 0.25) is 0 Å². The van der Waals surface area contributed by atoms with Crippen molar-refractivity contribution in [2.24, 2.45) is 0 Å². The van der Waals surface area contributed by atoms with Crippen molar-refractivity contribution in [2.45, 2.75) is 18.9 Å². The van der Waals surface area contributed by atoms with Crippen LogP contribution in [-0.2, 0) is 4.79 Å². The third kappa shape index (κ3) is 2.68. The number of hydrogen-bond acceptors (Lipinski definition) is 2. The lowest BCUT2D eigenvalue weighted by atomic mass is 9.96. The van der Waals surface area contributed by atoms with Crippen LogP contribution in [0, 0.1) is 19.7 Å². The Kier molecular flexibility index (Phi) is 5.07. The van der Waals surface area contributed by atoms with E-state index in [1.807, 2.05) is 45.2 Å². The van der Waals surface area contributed by atoms with Gasteiger partial charge in [-0.3, -0.25) is 14.6 Å². The third-order valence-corrected chi connectivity index (χ3v) is 3.45. The first kappa shape index (κ1) is 14.6. The van der Waals surface area contributed by atoms with Gasteiger partial charge in [0.15, 0.2) is 0 Å². The Morgan fingerprint density at radius 1 is 1.24 bits per heavy atom. The molecule has 1 aliphatic rings. The number of rotatable bonds is 2. The number of nitrogens with zero attached hydrogens (tertiary/aromatic N) is 2. The lowest BCUT2D eigenvalue weighted by molar-refractivity contribution is -0.131. The lowest BCUT2D eigenvalue weighted by Gasteiger charge is -2.28. The monoisotopic (exact) mass is 456 g/mol. The molecule has 1 aliphatic heterocycles. The minimum atomic E-state index is -0.898. The van der Waals surface area contributed by atoms with E-state index >= 15 is 0 Å². The molecule has 0 N–H and O–H groups in total. The first-order valence-electron chi connectivity index (χ1n) is 4.75. The second-order valence-corrected chi connectivity index (χ2v) is 4.80. The van der Waals surface area contributed by atoms with Crippen LogP contribution in [0.25, 0.3) is 0 Å². The second kappa shape index (κ2) is 5.91. The SMILES string of the molecule is CN1C(=O)N(CC#CI)C(C)(CC#CI)C1=O. The Morgan fingerprint density at radius 2 is 1.82 bits per heavy atom. The number of halogens is 2. The Labute approximate surface area is 128 Å². The molecule has 0 bridgehead atoms. The number of amides is 3. The molecule has 0 aromatic rings. The molecule has 0 spiro atoms. The number of carbonyl (C=O) groups excluding carboxylic acids is 2. The molecule has 1 unspecified atom stereocenters. The third-order valence-electron chi connectivity index (χ3n) is 2.68. The van der Waals surface area contributed by atoms with Gasteiger partial charge in [0.1, 0.15) is 5.54 Å². The predicted octanol–water partition coefficient (Wildman–Crippen LogP) is 1.82. The van der Waals surface area contributed by atoms with Gasteiger partial charge in [0.2, 0.25) is 0 Å². The first-order valence-corrected chi connectivity index (χ1v) is 6.91. The highest BCUT2D eigenvalue weighted by Gasteiger charge is 2.52. The predicted molar refractivity (Wildman–Crippen MR) is 81.5 cm³/mol. The van der Waals surface area contributed by atoms with Crippen LogP contribution in [0.15, 0.2) is 0 Å². The van der Waals surface area contributed by atoms with Gasteiger partial charge in [-0.15, -0.1) is 0 Å². The summed E-state index contributed by atoms with van der Waals surface area (Å²) in [4.78, 5) is 26.6. The highest BCUT2D eigenvalue weighted by atomic mass is 127. The van der Waals surface area contributed by atoms with Crippen molar-refractivity contribution in [3.8, 4) is 19.7 Å². The minimum Gasteiger partial charge on any atom is -0.298 e. The molecule has 1 heterocycles. The van der Waals surface area contributed by atoms with E-state index in [1.165, 1.54) is 11.9 Å². The topological polar surface area (TPSA) is 40.6 Å². The van der Waals surface area contributed by atoms with Crippen molar-refractivity contribution < 1.29 is 9.59 Å². The van der Waals surface area contributed by atoms with Crippen LogP contribution in [0.5, 0.6) is 0 Å². The molecule has 17 heavy (non-hydrogen) atoms. The van der Waals surface area contributed by atoms with E-state index < -0.39 is 5.54 Å². The van der Waals surface area contributed by atoms with Gasteiger partial charge >= 0.3 is 6.03 Å². The molecule has 1 atom stereocenters. The molecule has 0 aliphatic carbocycles. The van der Waals surface area contributed by atoms with Gasteiger partial charge in [-0.2, -0.15) is 0 Å². The molecular weight excluding hydrogens is 446 g/mol. The van der Waals surface area contributed by atoms with Gasteiger partial charge < -0.3 is 0 Å². The maximum absolute atomic E-state index is 12.1. The number of urea groups is 1. The molecule has 0 aromatic carbocycles. The molecule has 0 radical (unpaired) electrons. The summed E-state index contributed by atoms with van der Waals surface area (Å²) < 4.78 is 5.42. The fourth-order valence-corrected chi connectivity index (χ4v) is 2.04. The summed E-state index contributed by atoms with van der Waals surface area (Å²) in [6.07, 6.45) is 0.327. The maximum Gasteiger partial charge on any atom is 0.328 e. The van der Waals surface area contributed by atoms with E-state index in [1.54, 1.807) is 6.92 Å². The average molecular weight is 456 g/mol. The largest absolute Gasteiger partial charge is 0.328 e. The van der Waals surface area contributed by atoms with Crippen LogP contribution in [0.4, 0.5) is 4.79 Å². The standard InChI is InChI=1S/C11H10I2N2O2/c1-11(5-3-6-12)9(16)14(2)10(17)15(11)8-4-7-13/h5,8H2,1-2H3. The van der Waals surface area contributed by atoms with Crippen molar-refractivity contribution in [1.82, 2.24) is 9.80 Å². The molecular formula is C11H10I2N2O2. The fourth-order valence-electron chi connectivity index (χ4n) is 1.68. The minimum absolute atomic E-state index is 0.225. The normalized spacial score (nSPS) is 23.1. The average Bonchev–Trinajstić information content (AvgIpc) is 2.48. The second-order valence-electron chi connectivity index (χ2n) is 3.73. The number of likely N-dealkylation sites (N-methyl/N-ethyl adjacent to an activating group) is 1. The number of carbonyl (C=O) groups is 2. The maximum atomic E-state index is 12.1. The highest BCUT2D eigenvalue weighted by Crippen LogP contribution is 2.29. The zero-order chi connectivity index (χ0) is 13.1.